The predicted molar refractivity (Wildman–Crippen MR) is 69.7 cm³/mol. The van der Waals surface area contributed by atoms with Gasteiger partial charge in [0.25, 0.3) is 5.85 Å². The van der Waals surface area contributed by atoms with Crippen molar-refractivity contribution in [3.8, 4) is 0 Å². The second-order valence-electron chi connectivity index (χ2n) is 3.99. The molecule has 0 amide bonds. The van der Waals surface area contributed by atoms with E-state index in [9.17, 15) is 0 Å². The van der Waals surface area contributed by atoms with Gasteiger partial charge in [-0.3, -0.25) is 4.40 Å². The molecule has 6 nitrogen and oxygen atoms in total. The molecular formula is C11H10BrN5O. The molecule has 1 aliphatic rings. The van der Waals surface area contributed by atoms with E-state index in [1.165, 1.54) is 0 Å². The third-order valence-electron chi connectivity index (χ3n) is 2.73. The van der Waals surface area contributed by atoms with Gasteiger partial charge >= 0.3 is 0 Å². The molecule has 7 heteroatoms. The highest BCUT2D eigenvalue weighted by atomic mass is 79.9. The first-order valence-electron chi connectivity index (χ1n) is 5.32. The van der Waals surface area contributed by atoms with Crippen LogP contribution in [0.4, 0.5) is 0 Å². The molecular weight excluding hydrogens is 298 g/mol. The molecule has 92 valence electrons. The molecule has 0 N–H and O–H groups in total. The highest BCUT2D eigenvalue weighted by Gasteiger charge is 2.29. The first kappa shape index (κ1) is 11.5. The van der Waals surface area contributed by atoms with Crippen LogP contribution in [0, 0.1) is 0 Å². The molecule has 0 aliphatic carbocycles. The standard InChI is InChI=1S/C11H10BrN5O/c1-11(18-2)14-10(15-16-11)8-5-13-9-4-3-7(12)6-17(8)9/h3-6H,1-2H3. The maximum Gasteiger partial charge on any atom is 0.274 e. The number of halogens is 1. The lowest BCUT2D eigenvalue weighted by Crippen LogP contribution is -2.18. The number of rotatable bonds is 2. The topological polar surface area (TPSA) is 63.6 Å². The number of aromatic nitrogens is 2. The number of hydrogen-bond acceptors (Lipinski definition) is 5. The first-order valence-corrected chi connectivity index (χ1v) is 6.11. The molecule has 1 atom stereocenters. The van der Waals surface area contributed by atoms with Crippen LogP contribution in [0.15, 0.2) is 44.2 Å². The SMILES string of the molecule is COC1(C)N=NC(c2cnc3ccc(Br)cn23)=N1. The third kappa shape index (κ3) is 1.75. The molecule has 1 unspecified atom stereocenters. The molecule has 0 saturated carbocycles. The van der Waals surface area contributed by atoms with Crippen LogP contribution in [0.2, 0.25) is 0 Å². The van der Waals surface area contributed by atoms with Gasteiger partial charge in [0.2, 0.25) is 0 Å². The fourth-order valence-corrected chi connectivity index (χ4v) is 2.03. The van der Waals surface area contributed by atoms with E-state index in [1.54, 1.807) is 20.2 Å². The zero-order valence-electron chi connectivity index (χ0n) is 9.83. The van der Waals surface area contributed by atoms with Crippen molar-refractivity contribution in [2.24, 2.45) is 15.2 Å². The van der Waals surface area contributed by atoms with Crippen LogP contribution >= 0.6 is 15.9 Å². The molecule has 0 aromatic carbocycles. The fourth-order valence-electron chi connectivity index (χ4n) is 1.70. The Balaban J connectivity index is 2.14. The summed E-state index contributed by atoms with van der Waals surface area (Å²) in [6, 6.07) is 3.85. The summed E-state index contributed by atoms with van der Waals surface area (Å²) in [7, 11) is 1.55. The van der Waals surface area contributed by atoms with E-state index in [2.05, 4.69) is 36.1 Å². The van der Waals surface area contributed by atoms with Crippen molar-refractivity contribution in [2.45, 2.75) is 12.8 Å². The summed E-state index contributed by atoms with van der Waals surface area (Å²) in [4.78, 5) is 8.64. The Kier molecular flexibility index (Phi) is 2.53. The number of pyridine rings is 1. The normalized spacial score (nSPS) is 22.7. The monoisotopic (exact) mass is 307 g/mol. The number of nitrogens with zero attached hydrogens (tertiary/aromatic N) is 5. The molecule has 0 spiro atoms. The number of aliphatic imine (C=N–C) groups is 1. The zero-order valence-corrected chi connectivity index (χ0v) is 11.4. The molecule has 2 aromatic rings. The van der Waals surface area contributed by atoms with Crippen molar-refractivity contribution in [2.75, 3.05) is 7.11 Å². The van der Waals surface area contributed by atoms with E-state index < -0.39 is 5.85 Å². The Morgan fingerprint density at radius 1 is 1.39 bits per heavy atom. The number of hydrogen-bond donors (Lipinski definition) is 0. The Morgan fingerprint density at radius 2 is 2.22 bits per heavy atom. The van der Waals surface area contributed by atoms with Crippen LogP contribution in [0.3, 0.4) is 0 Å². The van der Waals surface area contributed by atoms with Crippen LogP contribution in [-0.2, 0) is 4.74 Å². The van der Waals surface area contributed by atoms with E-state index >= 15 is 0 Å². The molecule has 1 aliphatic heterocycles. The van der Waals surface area contributed by atoms with Crippen molar-refractivity contribution in [1.29, 1.82) is 0 Å². The van der Waals surface area contributed by atoms with Gasteiger partial charge in [-0.15, -0.1) is 10.2 Å². The van der Waals surface area contributed by atoms with Crippen molar-refractivity contribution < 1.29 is 4.74 Å². The summed E-state index contributed by atoms with van der Waals surface area (Å²) >= 11 is 3.43. The zero-order chi connectivity index (χ0) is 12.8. The molecule has 3 heterocycles. The summed E-state index contributed by atoms with van der Waals surface area (Å²) in [6.45, 7) is 1.75. The van der Waals surface area contributed by atoms with Gasteiger partial charge in [0, 0.05) is 24.7 Å². The van der Waals surface area contributed by atoms with Gasteiger partial charge in [0.05, 0.1) is 6.20 Å². The minimum absolute atomic E-state index is 0.518. The quantitative estimate of drug-likeness (QED) is 0.856. The molecule has 0 bridgehead atoms. The van der Waals surface area contributed by atoms with E-state index in [4.69, 9.17) is 4.74 Å². The number of methoxy groups -OCH3 is 1. The number of imidazole rings is 1. The Labute approximate surface area is 112 Å². The molecule has 0 fully saturated rings. The number of ether oxygens (including phenoxy) is 1. The minimum Gasteiger partial charge on any atom is -0.338 e. The Hall–Kier alpha value is -1.60. The average molecular weight is 308 g/mol. The lowest BCUT2D eigenvalue weighted by Gasteiger charge is -2.11. The van der Waals surface area contributed by atoms with E-state index in [-0.39, 0.29) is 0 Å². The molecule has 18 heavy (non-hydrogen) atoms. The molecule has 0 radical (unpaired) electrons. The van der Waals surface area contributed by atoms with Crippen molar-refractivity contribution in [1.82, 2.24) is 9.38 Å². The second-order valence-corrected chi connectivity index (χ2v) is 4.91. The minimum atomic E-state index is -0.925. The Bertz CT molecular complexity index is 677. The van der Waals surface area contributed by atoms with E-state index in [0.717, 1.165) is 15.8 Å². The van der Waals surface area contributed by atoms with Gasteiger partial charge in [-0.25, -0.2) is 9.98 Å². The summed E-state index contributed by atoms with van der Waals surface area (Å²) < 4.78 is 8.04. The van der Waals surface area contributed by atoms with E-state index in [0.29, 0.717) is 5.84 Å². The van der Waals surface area contributed by atoms with Gasteiger partial charge in [-0.05, 0) is 28.1 Å². The Morgan fingerprint density at radius 3 is 2.94 bits per heavy atom. The molecule has 0 saturated heterocycles. The molecule has 2 aromatic heterocycles. The average Bonchev–Trinajstić information content (AvgIpc) is 2.93. The first-order chi connectivity index (χ1) is 8.61. The maximum absolute atomic E-state index is 5.18. The largest absolute Gasteiger partial charge is 0.338 e. The van der Waals surface area contributed by atoms with Crippen LogP contribution in [0.1, 0.15) is 12.6 Å². The van der Waals surface area contributed by atoms with Gasteiger partial charge < -0.3 is 4.74 Å². The van der Waals surface area contributed by atoms with Crippen LogP contribution < -0.4 is 0 Å². The highest BCUT2D eigenvalue weighted by molar-refractivity contribution is 9.10. The van der Waals surface area contributed by atoms with Crippen LogP contribution in [-0.4, -0.2) is 28.2 Å². The van der Waals surface area contributed by atoms with Crippen molar-refractivity contribution in [3.05, 3.63) is 34.7 Å². The lowest BCUT2D eigenvalue weighted by molar-refractivity contribution is 0.0215. The number of azo groups is 1. The summed E-state index contributed by atoms with van der Waals surface area (Å²) in [6.07, 6.45) is 3.64. The second kappa shape index (κ2) is 3.96. The molecule has 3 rings (SSSR count). The smallest absolute Gasteiger partial charge is 0.274 e. The van der Waals surface area contributed by atoms with Crippen LogP contribution in [0.25, 0.3) is 5.65 Å². The van der Waals surface area contributed by atoms with Crippen molar-refractivity contribution >= 4 is 27.4 Å². The van der Waals surface area contributed by atoms with Gasteiger partial charge in [-0.2, -0.15) is 0 Å². The van der Waals surface area contributed by atoms with Gasteiger partial charge in [0.15, 0.2) is 5.84 Å². The van der Waals surface area contributed by atoms with Crippen LogP contribution in [0.5, 0.6) is 0 Å². The summed E-state index contributed by atoms with van der Waals surface area (Å²) in [5.41, 5.74) is 1.62. The third-order valence-corrected chi connectivity index (χ3v) is 3.20. The number of amidine groups is 1. The van der Waals surface area contributed by atoms with Crippen molar-refractivity contribution in [3.63, 3.8) is 0 Å². The predicted octanol–water partition coefficient (Wildman–Crippen LogP) is 2.63. The maximum atomic E-state index is 5.18. The van der Waals surface area contributed by atoms with Gasteiger partial charge in [-0.1, -0.05) is 0 Å². The fraction of sp³-hybridized carbons (Fsp3) is 0.273. The van der Waals surface area contributed by atoms with Gasteiger partial charge in [0.1, 0.15) is 11.3 Å². The highest BCUT2D eigenvalue weighted by Crippen LogP contribution is 2.23. The lowest BCUT2D eigenvalue weighted by atomic mass is 10.4. The summed E-state index contributed by atoms with van der Waals surface area (Å²) in [5, 5.41) is 8.05. The van der Waals surface area contributed by atoms with E-state index in [1.807, 2.05) is 22.7 Å². The summed E-state index contributed by atoms with van der Waals surface area (Å²) in [5.74, 6) is -0.407. The number of fused-ring (bicyclic) bond motifs is 1.